The van der Waals surface area contributed by atoms with E-state index in [4.69, 9.17) is 15.1 Å². The molecule has 1 aliphatic rings. The lowest BCUT2D eigenvalue weighted by Crippen LogP contribution is -2.32. The molecule has 0 aliphatic heterocycles. The summed E-state index contributed by atoms with van der Waals surface area (Å²) in [5.74, 6) is 0.282. The zero-order valence-corrected chi connectivity index (χ0v) is 13.7. The third kappa shape index (κ3) is 4.43. The lowest BCUT2D eigenvalue weighted by molar-refractivity contribution is 0.144. The van der Waals surface area contributed by atoms with Crippen molar-refractivity contribution in [2.24, 2.45) is 0 Å². The molecular formula is C18H19FN4O2. The van der Waals surface area contributed by atoms with Crippen LogP contribution in [-0.4, -0.2) is 27.2 Å². The number of rotatable bonds is 5. The number of halogens is 1. The van der Waals surface area contributed by atoms with Gasteiger partial charge in [0.05, 0.1) is 12.2 Å². The molecule has 1 aliphatic carbocycles. The lowest BCUT2D eigenvalue weighted by atomic mass is 9.93. The Morgan fingerprint density at radius 1 is 1.24 bits per heavy atom. The van der Waals surface area contributed by atoms with Crippen molar-refractivity contribution in [3.8, 4) is 11.9 Å². The summed E-state index contributed by atoms with van der Waals surface area (Å²) in [6, 6.07) is 6.83. The van der Waals surface area contributed by atoms with E-state index in [-0.39, 0.29) is 24.6 Å². The number of hydrogen-bond donors (Lipinski definition) is 2. The summed E-state index contributed by atoms with van der Waals surface area (Å²) >= 11 is 0. The number of aromatic nitrogens is 2. The van der Waals surface area contributed by atoms with Crippen molar-refractivity contribution in [3.05, 3.63) is 47.5 Å². The zero-order valence-electron chi connectivity index (χ0n) is 13.7. The van der Waals surface area contributed by atoms with Crippen molar-refractivity contribution in [1.82, 2.24) is 9.97 Å². The molecule has 1 saturated carbocycles. The molecule has 2 aromatic heterocycles. The van der Waals surface area contributed by atoms with E-state index in [1.807, 2.05) is 6.07 Å². The molecule has 6 nitrogen and oxygen atoms in total. The summed E-state index contributed by atoms with van der Waals surface area (Å²) < 4.78 is 19.8. The smallest absolute Gasteiger partial charge is 0.213 e. The maximum absolute atomic E-state index is 13.9. The van der Waals surface area contributed by atoms with E-state index in [1.165, 1.54) is 18.5 Å². The minimum Gasteiger partial charge on any atom is -0.474 e. The number of aliphatic hydroxyl groups excluding tert-OH is 1. The normalized spacial score (nSPS) is 19.9. The van der Waals surface area contributed by atoms with Crippen LogP contribution in [0, 0.1) is 17.1 Å². The van der Waals surface area contributed by atoms with Crippen LogP contribution in [0.3, 0.4) is 0 Å². The van der Waals surface area contributed by atoms with Crippen molar-refractivity contribution < 1.29 is 14.2 Å². The molecular weight excluding hydrogens is 323 g/mol. The Morgan fingerprint density at radius 2 is 2.04 bits per heavy atom. The van der Waals surface area contributed by atoms with Crippen molar-refractivity contribution in [3.63, 3.8) is 0 Å². The first kappa shape index (κ1) is 17.1. The molecule has 1 fully saturated rings. The largest absolute Gasteiger partial charge is 0.474 e. The van der Waals surface area contributed by atoms with Gasteiger partial charge in [0.2, 0.25) is 5.88 Å². The molecule has 130 valence electrons. The highest BCUT2D eigenvalue weighted by atomic mass is 19.1. The fourth-order valence-electron chi connectivity index (χ4n) is 2.88. The predicted octanol–water partition coefficient (Wildman–Crippen LogP) is 2.78. The van der Waals surface area contributed by atoms with E-state index < -0.39 is 5.82 Å². The van der Waals surface area contributed by atoms with E-state index in [9.17, 15) is 4.39 Å². The summed E-state index contributed by atoms with van der Waals surface area (Å²) in [6.07, 6.45) is 6.36. The summed E-state index contributed by atoms with van der Waals surface area (Å²) in [7, 11) is 0. The molecule has 0 aromatic carbocycles. The molecule has 7 heteroatoms. The van der Waals surface area contributed by atoms with Crippen molar-refractivity contribution >= 4 is 5.82 Å². The summed E-state index contributed by atoms with van der Waals surface area (Å²) in [5, 5.41) is 20.9. The second kappa shape index (κ2) is 7.90. The fourth-order valence-corrected chi connectivity index (χ4v) is 2.88. The van der Waals surface area contributed by atoms with Gasteiger partial charge in [-0.05, 0) is 43.4 Å². The van der Waals surface area contributed by atoms with Crippen molar-refractivity contribution in [1.29, 1.82) is 5.26 Å². The van der Waals surface area contributed by atoms with E-state index in [1.54, 1.807) is 12.1 Å². The number of nitrogens with one attached hydrogen (secondary N) is 1. The van der Waals surface area contributed by atoms with Crippen LogP contribution in [0.15, 0.2) is 30.6 Å². The molecule has 0 saturated heterocycles. The second-order valence-electron chi connectivity index (χ2n) is 6.06. The van der Waals surface area contributed by atoms with E-state index >= 15 is 0 Å². The molecule has 0 atom stereocenters. The van der Waals surface area contributed by atoms with Gasteiger partial charge in [-0.25, -0.2) is 14.4 Å². The highest BCUT2D eigenvalue weighted by molar-refractivity contribution is 5.38. The van der Waals surface area contributed by atoms with Gasteiger partial charge in [-0.3, -0.25) is 0 Å². The first-order valence-corrected chi connectivity index (χ1v) is 8.22. The Morgan fingerprint density at radius 3 is 2.64 bits per heavy atom. The number of anilines is 1. The van der Waals surface area contributed by atoms with Gasteiger partial charge in [-0.1, -0.05) is 0 Å². The molecule has 0 amide bonds. The molecule has 2 N–H and O–H groups in total. The van der Waals surface area contributed by atoms with Gasteiger partial charge in [0.15, 0.2) is 11.6 Å². The maximum Gasteiger partial charge on any atom is 0.213 e. The fraction of sp³-hybridized carbons (Fsp3) is 0.389. The Hall–Kier alpha value is -2.72. The van der Waals surface area contributed by atoms with Crippen LogP contribution in [0.1, 0.15) is 36.8 Å². The Kier molecular flexibility index (Phi) is 5.41. The van der Waals surface area contributed by atoms with Crippen LogP contribution in [0.5, 0.6) is 5.88 Å². The average molecular weight is 342 g/mol. The van der Waals surface area contributed by atoms with Gasteiger partial charge in [0, 0.05) is 24.5 Å². The zero-order chi connectivity index (χ0) is 17.6. The monoisotopic (exact) mass is 342 g/mol. The van der Waals surface area contributed by atoms with E-state index in [0.717, 1.165) is 25.7 Å². The van der Waals surface area contributed by atoms with Crippen LogP contribution in [0.25, 0.3) is 0 Å². The highest BCUT2D eigenvalue weighted by Crippen LogP contribution is 2.25. The van der Waals surface area contributed by atoms with Crippen LogP contribution >= 0.6 is 0 Å². The number of nitrogens with zero attached hydrogens (tertiary/aromatic N) is 3. The first-order chi connectivity index (χ1) is 12.2. The Labute approximate surface area is 145 Å². The standard InChI is InChI=1S/C18H19FN4O2/c19-16-7-13(11-24)10-22-18(16)23-14-2-4-15(5-3-14)25-17-6-1-12(8-20)9-21-17/h1,6-7,9-10,14-15,24H,2-5,11H2,(H,22,23). The summed E-state index contributed by atoms with van der Waals surface area (Å²) in [4.78, 5) is 8.15. The average Bonchev–Trinajstić information content (AvgIpc) is 2.65. The number of nitriles is 1. The number of pyridine rings is 2. The maximum atomic E-state index is 13.9. The minimum atomic E-state index is -0.452. The Bertz CT molecular complexity index is 753. The van der Waals surface area contributed by atoms with Crippen LogP contribution in [-0.2, 0) is 6.61 Å². The van der Waals surface area contributed by atoms with E-state index in [0.29, 0.717) is 17.0 Å². The van der Waals surface area contributed by atoms with Crippen LogP contribution < -0.4 is 10.1 Å². The number of hydrogen-bond acceptors (Lipinski definition) is 6. The van der Waals surface area contributed by atoms with Gasteiger partial charge in [0.1, 0.15) is 12.2 Å². The lowest BCUT2D eigenvalue weighted by Gasteiger charge is -2.29. The third-order valence-electron chi connectivity index (χ3n) is 4.25. The second-order valence-corrected chi connectivity index (χ2v) is 6.06. The SMILES string of the molecule is N#Cc1ccc(OC2CCC(Nc3ncc(CO)cc3F)CC2)nc1. The minimum absolute atomic E-state index is 0.0630. The van der Waals surface area contributed by atoms with Gasteiger partial charge >= 0.3 is 0 Å². The summed E-state index contributed by atoms with van der Waals surface area (Å²) in [5.41, 5.74) is 0.956. The molecule has 0 unspecified atom stereocenters. The van der Waals surface area contributed by atoms with Gasteiger partial charge in [0.25, 0.3) is 0 Å². The van der Waals surface area contributed by atoms with Crippen molar-refractivity contribution in [2.45, 2.75) is 44.4 Å². The molecule has 25 heavy (non-hydrogen) atoms. The molecule has 0 spiro atoms. The van der Waals surface area contributed by atoms with Crippen LogP contribution in [0.4, 0.5) is 10.2 Å². The first-order valence-electron chi connectivity index (χ1n) is 8.22. The molecule has 3 rings (SSSR count). The topological polar surface area (TPSA) is 91.1 Å². The number of aliphatic hydroxyl groups is 1. The van der Waals surface area contributed by atoms with Gasteiger partial charge < -0.3 is 15.2 Å². The quantitative estimate of drug-likeness (QED) is 0.868. The molecule has 2 heterocycles. The third-order valence-corrected chi connectivity index (χ3v) is 4.25. The van der Waals surface area contributed by atoms with Gasteiger partial charge in [-0.2, -0.15) is 5.26 Å². The summed E-state index contributed by atoms with van der Waals surface area (Å²) in [6.45, 7) is -0.226. The molecule has 0 bridgehead atoms. The van der Waals surface area contributed by atoms with Crippen molar-refractivity contribution in [2.75, 3.05) is 5.32 Å². The molecule has 0 radical (unpaired) electrons. The van der Waals surface area contributed by atoms with Crippen LogP contribution in [0.2, 0.25) is 0 Å². The van der Waals surface area contributed by atoms with Gasteiger partial charge in [-0.15, -0.1) is 0 Å². The van der Waals surface area contributed by atoms with E-state index in [2.05, 4.69) is 15.3 Å². The highest BCUT2D eigenvalue weighted by Gasteiger charge is 2.23. The Balaban J connectivity index is 1.50. The number of ether oxygens (including phenoxy) is 1. The predicted molar refractivity (Wildman–Crippen MR) is 89.4 cm³/mol. The molecule has 2 aromatic rings.